The van der Waals surface area contributed by atoms with Crippen LogP contribution < -0.4 is 5.23 Å². The molecule has 0 amide bonds. The van der Waals surface area contributed by atoms with Crippen molar-refractivity contribution in [1.29, 1.82) is 0 Å². The smallest absolute Gasteiger partial charge is 0.307 e. The van der Waals surface area contributed by atoms with E-state index in [1.807, 2.05) is 25.1 Å². The van der Waals surface area contributed by atoms with Gasteiger partial charge < -0.3 is 14.8 Å². The zero-order chi connectivity index (χ0) is 29.0. The van der Waals surface area contributed by atoms with E-state index in [1.165, 1.54) is 5.06 Å². The Morgan fingerprint density at radius 3 is 2.16 bits per heavy atom. The van der Waals surface area contributed by atoms with Gasteiger partial charge in [-0.15, -0.1) is 0 Å². The molecule has 12 nitrogen and oxygen atoms in total. The molecule has 1 aromatic carbocycles. The predicted molar refractivity (Wildman–Crippen MR) is 144 cm³/mol. The molecule has 1 rings (SSSR count). The Bertz CT molecular complexity index is 1080. The van der Waals surface area contributed by atoms with Gasteiger partial charge in [0, 0.05) is 19.1 Å². The first-order valence-electron chi connectivity index (χ1n) is 12.0. The maximum atomic E-state index is 12.4. The molecule has 0 radical (unpaired) electrons. The molecule has 15 heteroatoms. The highest BCUT2D eigenvalue weighted by Gasteiger charge is 2.21. The van der Waals surface area contributed by atoms with Crippen LogP contribution in [0.5, 0.6) is 0 Å². The minimum Gasteiger partial charge on any atom is -0.460 e. The molecule has 0 heterocycles. The average molecular weight is 579 g/mol. The van der Waals surface area contributed by atoms with Gasteiger partial charge >= 0.3 is 5.97 Å². The third kappa shape index (κ3) is 16.9. The number of aryl methyl sites for hydroxylation is 1. The van der Waals surface area contributed by atoms with Gasteiger partial charge in [0.15, 0.2) is 0 Å². The maximum absolute atomic E-state index is 12.4. The largest absolute Gasteiger partial charge is 0.460 e. The van der Waals surface area contributed by atoms with E-state index in [0.717, 1.165) is 35.4 Å². The molecular weight excluding hydrogens is 539 g/mol. The molecular formula is C23H39BN2O10S2. The van der Waals surface area contributed by atoms with Crippen molar-refractivity contribution in [2.24, 2.45) is 0 Å². The van der Waals surface area contributed by atoms with Gasteiger partial charge in [-0.05, 0) is 50.8 Å². The van der Waals surface area contributed by atoms with Gasteiger partial charge in [0.1, 0.15) is 5.60 Å². The molecule has 0 aliphatic heterocycles. The molecule has 0 spiro atoms. The van der Waals surface area contributed by atoms with Crippen LogP contribution in [0.4, 0.5) is 0 Å². The Morgan fingerprint density at radius 1 is 1.08 bits per heavy atom. The van der Waals surface area contributed by atoms with E-state index < -0.39 is 25.8 Å². The van der Waals surface area contributed by atoms with Gasteiger partial charge in [-0.1, -0.05) is 18.2 Å². The first-order valence-corrected chi connectivity index (χ1v) is 15.6. The van der Waals surface area contributed by atoms with Crippen molar-refractivity contribution in [3.05, 3.63) is 34.9 Å². The van der Waals surface area contributed by atoms with Gasteiger partial charge in [0.25, 0.3) is 27.7 Å². The molecule has 0 bridgehead atoms. The zero-order valence-electron chi connectivity index (χ0n) is 22.9. The van der Waals surface area contributed by atoms with Crippen LogP contribution in [0.15, 0.2) is 18.2 Å². The fourth-order valence-corrected chi connectivity index (χ4v) is 4.06. The number of esters is 1. The molecule has 1 N–H and O–H groups in total. The van der Waals surface area contributed by atoms with Crippen molar-refractivity contribution in [1.82, 2.24) is 10.3 Å². The van der Waals surface area contributed by atoms with Gasteiger partial charge in [-0.2, -0.15) is 21.9 Å². The third-order valence-electron chi connectivity index (χ3n) is 4.89. The number of rotatable bonds is 18. The SMILES string of the molecule is Cc1ccc(CON(CCOS(C)(=O)=O)CCOS(C)(=O)=O)cc1C[C@@H](CC(=O)OC(C)(C)C)NBC=O. The van der Waals surface area contributed by atoms with E-state index >= 15 is 0 Å². The second kappa shape index (κ2) is 15.6. The number of nitrogens with zero attached hydrogens (tertiary/aromatic N) is 1. The van der Waals surface area contributed by atoms with Gasteiger partial charge in [-0.25, -0.2) is 0 Å². The molecule has 0 saturated heterocycles. The summed E-state index contributed by atoms with van der Waals surface area (Å²) in [5.74, 6) is -0.374. The first-order chi connectivity index (χ1) is 17.5. The number of benzene rings is 1. The summed E-state index contributed by atoms with van der Waals surface area (Å²) in [6.07, 6.45) is 3.13. The van der Waals surface area contributed by atoms with Crippen molar-refractivity contribution in [3.63, 3.8) is 0 Å². The number of hydrogen-bond donors (Lipinski definition) is 1. The molecule has 0 aliphatic carbocycles. The Labute approximate surface area is 226 Å². The highest BCUT2D eigenvalue weighted by Crippen LogP contribution is 2.17. The summed E-state index contributed by atoms with van der Waals surface area (Å²) in [6, 6.07) is 5.35. The summed E-state index contributed by atoms with van der Waals surface area (Å²) in [6.45, 7) is 7.12. The number of carbonyl (C=O) groups excluding carboxylic acids is 2. The topological polar surface area (TPSA) is 155 Å². The van der Waals surface area contributed by atoms with Crippen LogP contribution in [0, 0.1) is 6.92 Å². The molecule has 0 saturated carbocycles. The van der Waals surface area contributed by atoms with Crippen molar-refractivity contribution in [3.8, 4) is 0 Å². The van der Waals surface area contributed by atoms with Crippen LogP contribution >= 0.6 is 0 Å². The lowest BCUT2D eigenvalue weighted by molar-refractivity contribution is -0.175. The van der Waals surface area contributed by atoms with E-state index in [2.05, 4.69) is 5.23 Å². The monoisotopic (exact) mass is 578 g/mol. The molecule has 0 fully saturated rings. The Morgan fingerprint density at radius 2 is 1.66 bits per heavy atom. The van der Waals surface area contributed by atoms with Crippen molar-refractivity contribution in [2.45, 2.75) is 58.8 Å². The summed E-state index contributed by atoms with van der Waals surface area (Å²) in [4.78, 5) is 29.1. The van der Waals surface area contributed by atoms with Crippen LogP contribution in [0.25, 0.3) is 0 Å². The fraction of sp³-hybridized carbons (Fsp3) is 0.652. The van der Waals surface area contributed by atoms with Crippen molar-refractivity contribution < 1.29 is 44.4 Å². The summed E-state index contributed by atoms with van der Waals surface area (Å²) in [5.41, 5.74) is 2.08. The fourth-order valence-electron chi connectivity index (χ4n) is 3.30. The number of hydrogen-bond acceptors (Lipinski definition) is 12. The van der Waals surface area contributed by atoms with Gasteiger partial charge in [-0.3, -0.25) is 18.0 Å². The summed E-state index contributed by atoms with van der Waals surface area (Å²) in [7, 11) is -7.20. The van der Waals surface area contributed by atoms with E-state index in [1.54, 1.807) is 20.8 Å². The Balaban J connectivity index is 2.91. The lowest BCUT2D eigenvalue weighted by Gasteiger charge is -2.24. The normalized spacial score (nSPS) is 13.3. The molecule has 1 aromatic rings. The number of ether oxygens (including phenoxy) is 1. The van der Waals surface area contributed by atoms with Crippen LogP contribution in [0.3, 0.4) is 0 Å². The van der Waals surface area contributed by atoms with E-state index in [-0.39, 0.29) is 58.8 Å². The standard InChI is InChI=1S/C23H39BN2O10S2/c1-18-7-8-19(13-20(18)14-21(25-24-17-27)15-22(28)36-23(2,3)4)16-33-26(9-11-34-37(5,29)30)10-12-35-38(6,31)32/h7-8,13,17,21,24-25H,9-12,14-16H2,1-6H3/t21-/m0/s1. The van der Waals surface area contributed by atoms with Crippen LogP contribution in [0.1, 0.15) is 43.9 Å². The summed E-state index contributed by atoms with van der Waals surface area (Å²) >= 11 is 0. The van der Waals surface area contributed by atoms with Crippen molar-refractivity contribution >= 4 is 39.8 Å². The summed E-state index contributed by atoms with van der Waals surface area (Å²) < 4.78 is 60.0. The molecule has 38 heavy (non-hydrogen) atoms. The second-order valence-electron chi connectivity index (χ2n) is 9.78. The predicted octanol–water partition coefficient (Wildman–Crippen LogP) is 0.455. The molecule has 0 aliphatic rings. The minimum absolute atomic E-state index is 0.0481. The Kier molecular flexibility index (Phi) is 14.1. The molecule has 0 aromatic heterocycles. The lowest BCUT2D eigenvalue weighted by atomic mass is 9.91. The molecule has 216 valence electrons. The second-order valence-corrected chi connectivity index (χ2v) is 13.1. The quantitative estimate of drug-likeness (QED) is 0.0846. The maximum Gasteiger partial charge on any atom is 0.307 e. The lowest BCUT2D eigenvalue weighted by Crippen LogP contribution is -2.38. The van der Waals surface area contributed by atoms with Crippen LogP contribution in [-0.2, 0) is 60.8 Å². The summed E-state index contributed by atoms with van der Waals surface area (Å²) in [5, 5.41) is 4.44. The van der Waals surface area contributed by atoms with Crippen LogP contribution in [0.2, 0.25) is 0 Å². The molecule has 1 atom stereocenters. The Hall–Kier alpha value is -1.88. The number of carbonyl (C=O) groups is 2. The third-order valence-corrected chi connectivity index (χ3v) is 6.08. The van der Waals surface area contributed by atoms with E-state index in [4.69, 9.17) is 17.9 Å². The highest BCUT2D eigenvalue weighted by molar-refractivity contribution is 7.86. The first kappa shape index (κ1) is 34.2. The van der Waals surface area contributed by atoms with Crippen LogP contribution in [-0.4, -0.2) is 91.9 Å². The van der Waals surface area contributed by atoms with Gasteiger partial charge in [0.05, 0.1) is 44.9 Å². The number of hydroxylamine groups is 2. The van der Waals surface area contributed by atoms with Crippen molar-refractivity contribution in [2.75, 3.05) is 38.8 Å². The van der Waals surface area contributed by atoms with Gasteiger partial charge in [0.2, 0.25) is 0 Å². The zero-order valence-corrected chi connectivity index (χ0v) is 24.5. The van der Waals surface area contributed by atoms with E-state index in [0.29, 0.717) is 6.42 Å². The van der Waals surface area contributed by atoms with E-state index in [9.17, 15) is 26.4 Å². The molecule has 0 unspecified atom stereocenters. The average Bonchev–Trinajstić information content (AvgIpc) is 2.74. The minimum atomic E-state index is -3.65. The number of nitrogens with one attached hydrogen (secondary N) is 1. The highest BCUT2D eigenvalue weighted by atomic mass is 32.2.